The van der Waals surface area contributed by atoms with Crippen molar-refractivity contribution in [3.8, 4) is 0 Å². The molecule has 0 spiro atoms. The molecule has 0 bridgehead atoms. The first-order valence-electron chi connectivity index (χ1n) is 10.3. The first-order chi connectivity index (χ1) is 14.4. The van der Waals surface area contributed by atoms with Gasteiger partial charge in [-0.3, -0.25) is 0 Å². The number of hydrogen-bond acceptors (Lipinski definition) is 2. The van der Waals surface area contributed by atoms with Gasteiger partial charge in [0.25, 0.3) is 0 Å². The number of hydrogen-bond donors (Lipinski definition) is 0. The van der Waals surface area contributed by atoms with Crippen molar-refractivity contribution in [2.24, 2.45) is 10.3 Å². The fourth-order valence-corrected chi connectivity index (χ4v) is 5.59. The summed E-state index contributed by atoms with van der Waals surface area (Å²) in [5.74, 6) is 0.387. The topological polar surface area (TPSA) is 12.4 Å². The van der Waals surface area contributed by atoms with E-state index in [9.17, 15) is 0 Å². The highest BCUT2D eigenvalue weighted by Crippen LogP contribution is 2.30. The number of fused-ring (bicyclic) bond motifs is 5. The fraction of sp³-hybridized carbons (Fsp3) is 0.148. The summed E-state index contributed by atoms with van der Waals surface area (Å²) in [5.41, 5.74) is 5.51. The van der Waals surface area contributed by atoms with Crippen LogP contribution in [0.15, 0.2) is 76.0 Å². The van der Waals surface area contributed by atoms with Crippen LogP contribution < -0.4 is 10.4 Å². The normalized spacial score (nSPS) is 18.8. The Morgan fingerprint density at radius 1 is 0.793 bits per heavy atom. The average Bonchev–Trinajstić information content (AvgIpc) is 3.01. The van der Waals surface area contributed by atoms with E-state index in [0.717, 1.165) is 19.3 Å². The van der Waals surface area contributed by atoms with E-state index in [4.69, 9.17) is 4.40 Å². The molecule has 1 atom stereocenters. The highest BCUT2D eigenvalue weighted by atomic mass is 32.2. The standard InChI is InChI=1S/C27H21NS/c1-3-7-22-18(5-1)9-14-25-23-13-11-21(17-20(23)10-15-24(22)25)26-16-12-19-6-2-4-8-27(19)29-28-26/h1-10,12,15-17,21H,11,13-14H2. The van der Waals surface area contributed by atoms with Crippen LogP contribution in [0.2, 0.25) is 0 Å². The van der Waals surface area contributed by atoms with E-state index in [-0.39, 0.29) is 0 Å². The van der Waals surface area contributed by atoms with E-state index in [1.807, 2.05) is 0 Å². The van der Waals surface area contributed by atoms with Gasteiger partial charge < -0.3 is 0 Å². The zero-order chi connectivity index (χ0) is 19.2. The van der Waals surface area contributed by atoms with Gasteiger partial charge >= 0.3 is 0 Å². The molecule has 6 rings (SSSR count). The predicted octanol–water partition coefficient (Wildman–Crippen LogP) is 4.83. The molecular formula is C27H21NS. The average molecular weight is 392 g/mol. The van der Waals surface area contributed by atoms with E-state index < -0.39 is 0 Å². The Morgan fingerprint density at radius 2 is 1.69 bits per heavy atom. The van der Waals surface area contributed by atoms with E-state index >= 15 is 0 Å². The Balaban J connectivity index is 1.44. The van der Waals surface area contributed by atoms with Gasteiger partial charge in [-0.15, -0.1) is 0 Å². The molecule has 1 nitrogen and oxygen atoms in total. The third-order valence-corrected chi connectivity index (χ3v) is 7.18. The minimum Gasteiger partial charge on any atom is -0.215 e. The van der Waals surface area contributed by atoms with E-state index in [0.29, 0.717) is 5.92 Å². The van der Waals surface area contributed by atoms with Gasteiger partial charge in [-0.2, -0.15) is 0 Å². The second kappa shape index (κ2) is 6.89. The summed E-state index contributed by atoms with van der Waals surface area (Å²) in [7, 11) is 0. The molecule has 3 aromatic carbocycles. The molecule has 2 heteroatoms. The van der Waals surface area contributed by atoms with Crippen molar-refractivity contribution in [3.63, 3.8) is 0 Å². The molecule has 0 amide bonds. The Kier molecular flexibility index (Phi) is 4.05. The van der Waals surface area contributed by atoms with E-state index in [1.54, 1.807) is 17.5 Å². The van der Waals surface area contributed by atoms with E-state index in [1.165, 1.54) is 42.6 Å². The quantitative estimate of drug-likeness (QED) is 0.541. The number of nitrogens with zero attached hydrogens (tertiary/aromatic N) is 1. The smallest absolute Gasteiger partial charge is 0.0560 e. The van der Waals surface area contributed by atoms with Crippen LogP contribution in [-0.2, 0) is 12.8 Å². The summed E-state index contributed by atoms with van der Waals surface area (Å²) in [6, 6.07) is 21.9. The maximum Gasteiger partial charge on any atom is 0.0560 e. The van der Waals surface area contributed by atoms with Gasteiger partial charge in [0.1, 0.15) is 0 Å². The van der Waals surface area contributed by atoms with Gasteiger partial charge in [0.05, 0.1) is 5.71 Å². The fourth-order valence-electron chi connectivity index (χ4n) is 4.81. The monoisotopic (exact) mass is 391 g/mol. The van der Waals surface area contributed by atoms with Crippen molar-refractivity contribution < 1.29 is 0 Å². The Bertz CT molecular complexity index is 1410. The zero-order valence-corrected chi connectivity index (χ0v) is 17.0. The minimum atomic E-state index is 0.387. The highest BCUT2D eigenvalue weighted by Gasteiger charge is 2.20. The molecule has 1 aliphatic heterocycles. The Labute approximate surface area is 174 Å². The van der Waals surface area contributed by atoms with Crippen molar-refractivity contribution in [3.05, 3.63) is 104 Å². The van der Waals surface area contributed by atoms with Crippen LogP contribution >= 0.6 is 11.9 Å². The molecule has 0 N–H and O–H groups in total. The molecule has 140 valence electrons. The van der Waals surface area contributed by atoms with Crippen molar-refractivity contribution in [2.75, 3.05) is 0 Å². The zero-order valence-electron chi connectivity index (χ0n) is 16.1. The number of rotatable bonds is 1. The molecule has 0 fully saturated rings. The molecule has 0 saturated heterocycles. The molecule has 29 heavy (non-hydrogen) atoms. The van der Waals surface area contributed by atoms with E-state index in [2.05, 4.69) is 85.0 Å². The van der Waals surface area contributed by atoms with Crippen LogP contribution in [0.5, 0.6) is 0 Å². The van der Waals surface area contributed by atoms with Gasteiger partial charge in [-0.25, -0.2) is 4.40 Å². The first kappa shape index (κ1) is 17.1. The lowest BCUT2D eigenvalue weighted by molar-refractivity contribution is 0.741. The van der Waals surface area contributed by atoms with Gasteiger partial charge in [-0.1, -0.05) is 72.8 Å². The molecule has 0 saturated carbocycles. The van der Waals surface area contributed by atoms with Gasteiger partial charge in [0, 0.05) is 22.8 Å². The molecule has 3 aromatic rings. The summed E-state index contributed by atoms with van der Waals surface area (Å²) in [4.78, 5) is 1.23. The highest BCUT2D eigenvalue weighted by molar-refractivity contribution is 7.98. The van der Waals surface area contributed by atoms with Gasteiger partial charge in [0.15, 0.2) is 0 Å². The number of benzene rings is 3. The summed E-state index contributed by atoms with van der Waals surface area (Å²) >= 11 is 1.61. The van der Waals surface area contributed by atoms with Crippen molar-refractivity contribution in [1.29, 1.82) is 0 Å². The SMILES string of the molecule is C1=Cc2ccccc2SN=C1C1C=c2ccc3c(c2CC1)CC=c1ccccc1=3. The Hall–Kier alpha value is -2.84. The van der Waals surface area contributed by atoms with Crippen LogP contribution in [0.1, 0.15) is 23.1 Å². The molecule has 1 heterocycles. The summed E-state index contributed by atoms with van der Waals surface area (Å²) < 4.78 is 4.89. The van der Waals surface area contributed by atoms with Crippen molar-refractivity contribution in [1.82, 2.24) is 0 Å². The van der Waals surface area contributed by atoms with Crippen LogP contribution in [0, 0.1) is 16.4 Å². The first-order valence-corrected chi connectivity index (χ1v) is 11.1. The maximum absolute atomic E-state index is 4.89. The largest absolute Gasteiger partial charge is 0.215 e. The summed E-state index contributed by atoms with van der Waals surface area (Å²) in [6.07, 6.45) is 12.6. The predicted molar refractivity (Wildman–Crippen MR) is 123 cm³/mol. The lowest BCUT2D eigenvalue weighted by Gasteiger charge is -2.22. The molecule has 0 radical (unpaired) electrons. The molecular weight excluding hydrogens is 370 g/mol. The molecule has 1 unspecified atom stereocenters. The van der Waals surface area contributed by atoms with Gasteiger partial charge in [-0.05, 0) is 69.0 Å². The van der Waals surface area contributed by atoms with Gasteiger partial charge in [0.2, 0.25) is 0 Å². The molecule has 3 aliphatic rings. The van der Waals surface area contributed by atoms with Crippen molar-refractivity contribution >= 4 is 35.9 Å². The second-order valence-corrected chi connectivity index (χ2v) is 8.75. The van der Waals surface area contributed by atoms with Crippen LogP contribution in [0.4, 0.5) is 0 Å². The van der Waals surface area contributed by atoms with Crippen LogP contribution in [-0.4, -0.2) is 5.71 Å². The maximum atomic E-state index is 4.89. The molecule has 0 aromatic heterocycles. The Morgan fingerprint density at radius 3 is 2.69 bits per heavy atom. The minimum absolute atomic E-state index is 0.387. The molecule has 2 aliphatic carbocycles. The van der Waals surface area contributed by atoms with Crippen LogP contribution in [0.25, 0.3) is 18.2 Å². The lowest BCUT2D eigenvalue weighted by atomic mass is 9.83. The third kappa shape index (κ3) is 2.90. The third-order valence-electron chi connectivity index (χ3n) is 6.31. The van der Waals surface area contributed by atoms with Crippen LogP contribution in [0.3, 0.4) is 0 Å². The number of allylic oxidation sites excluding steroid dienone is 1. The lowest BCUT2D eigenvalue weighted by Crippen LogP contribution is -2.25. The summed E-state index contributed by atoms with van der Waals surface area (Å²) in [5, 5.41) is 5.57. The second-order valence-electron chi connectivity index (χ2n) is 7.95. The van der Waals surface area contributed by atoms with Crippen molar-refractivity contribution in [2.45, 2.75) is 24.2 Å². The summed E-state index contributed by atoms with van der Waals surface area (Å²) in [6.45, 7) is 0.